The molecule has 2 fully saturated rings. The smallest absolute Gasteiger partial charge is 0.255 e. The molecule has 6 nitrogen and oxygen atoms in total. The van der Waals surface area contributed by atoms with E-state index < -0.39 is 0 Å². The number of aromatic nitrogens is 2. The summed E-state index contributed by atoms with van der Waals surface area (Å²) in [5, 5.41) is 4.17. The molecule has 2 aliphatic rings. The molecule has 1 N–H and O–H groups in total. The van der Waals surface area contributed by atoms with E-state index in [9.17, 15) is 9.59 Å². The minimum absolute atomic E-state index is 0.00594. The molecule has 5 rings (SSSR count). The summed E-state index contributed by atoms with van der Waals surface area (Å²) in [4.78, 5) is 31.2. The van der Waals surface area contributed by atoms with Crippen LogP contribution in [0.25, 0.3) is 16.2 Å². The quantitative estimate of drug-likeness (QED) is 0.496. The molecule has 2 amide bonds. The Bertz CT molecular complexity index is 1180. The molecule has 1 spiro atoms. The lowest BCUT2D eigenvalue weighted by molar-refractivity contribution is -0.144. The molecule has 174 valence electrons. The predicted molar refractivity (Wildman–Crippen MR) is 134 cm³/mol. The van der Waals surface area contributed by atoms with Crippen molar-refractivity contribution < 1.29 is 9.59 Å². The number of thiazole rings is 1. The molecule has 0 radical (unpaired) electrons. The number of thioether (sulfide) groups is 1. The molecule has 1 saturated carbocycles. The van der Waals surface area contributed by atoms with E-state index in [0.29, 0.717) is 5.02 Å². The Morgan fingerprint density at radius 3 is 2.70 bits per heavy atom. The molecular formula is C24H27ClN4O2S2. The van der Waals surface area contributed by atoms with E-state index in [1.54, 1.807) is 16.8 Å². The van der Waals surface area contributed by atoms with E-state index in [-0.39, 0.29) is 28.4 Å². The Morgan fingerprint density at radius 2 is 2.00 bits per heavy atom. The predicted octanol–water partition coefficient (Wildman–Crippen LogP) is 5.55. The molecule has 1 saturated heterocycles. The van der Waals surface area contributed by atoms with E-state index in [4.69, 9.17) is 11.6 Å². The lowest BCUT2D eigenvalue weighted by Crippen LogP contribution is -2.56. The van der Waals surface area contributed by atoms with Gasteiger partial charge in [-0.15, -0.1) is 23.1 Å². The van der Waals surface area contributed by atoms with E-state index in [1.807, 2.05) is 47.2 Å². The molecule has 3 aromatic rings. The number of halogens is 1. The second kappa shape index (κ2) is 8.96. The Labute approximate surface area is 206 Å². The highest BCUT2D eigenvalue weighted by molar-refractivity contribution is 8.02. The minimum Gasteiger partial charge on any atom is -0.294 e. The Balaban J connectivity index is 1.32. The van der Waals surface area contributed by atoms with Crippen molar-refractivity contribution in [1.82, 2.24) is 19.8 Å². The van der Waals surface area contributed by atoms with Gasteiger partial charge in [0.2, 0.25) is 5.91 Å². The summed E-state index contributed by atoms with van der Waals surface area (Å²) in [5.74, 6) is 0.554. The SMILES string of the molecule is CCC1CCC2(CC1)SC(C)C(=O)N2NC(=O)Cc1csc2nc(-c3ccc(Cl)cc3)cn12. The monoisotopic (exact) mass is 502 g/mol. The normalized spacial score (nSPS) is 25.3. The second-order valence-electron chi connectivity index (χ2n) is 8.96. The number of rotatable bonds is 5. The van der Waals surface area contributed by atoms with Crippen LogP contribution in [0.1, 0.15) is 51.6 Å². The summed E-state index contributed by atoms with van der Waals surface area (Å²) >= 11 is 9.21. The largest absolute Gasteiger partial charge is 0.294 e. The van der Waals surface area contributed by atoms with Gasteiger partial charge >= 0.3 is 0 Å². The van der Waals surface area contributed by atoms with Crippen LogP contribution in [0.15, 0.2) is 35.8 Å². The number of fused-ring (bicyclic) bond motifs is 1. The van der Waals surface area contributed by atoms with Crippen molar-refractivity contribution in [3.05, 3.63) is 46.6 Å². The fraction of sp³-hybridized carbons (Fsp3) is 0.458. The summed E-state index contributed by atoms with van der Waals surface area (Å²) in [6.07, 6.45) is 7.38. The molecule has 9 heteroatoms. The maximum absolute atomic E-state index is 13.1. The minimum atomic E-state index is -0.307. The number of carbonyl (C=O) groups excluding carboxylic acids is 2. The van der Waals surface area contributed by atoms with Crippen LogP contribution >= 0.6 is 34.7 Å². The lowest BCUT2D eigenvalue weighted by atomic mass is 9.84. The maximum Gasteiger partial charge on any atom is 0.255 e. The molecule has 1 aliphatic carbocycles. The van der Waals surface area contributed by atoms with Gasteiger partial charge in [-0.25, -0.2) is 9.99 Å². The number of imidazole rings is 1. The fourth-order valence-corrected chi connectivity index (χ4v) is 7.47. The molecule has 1 aliphatic heterocycles. The van der Waals surface area contributed by atoms with Crippen molar-refractivity contribution in [2.45, 2.75) is 62.5 Å². The maximum atomic E-state index is 13.1. The molecule has 1 atom stereocenters. The van der Waals surface area contributed by atoms with Gasteiger partial charge in [0.05, 0.1) is 17.4 Å². The summed E-state index contributed by atoms with van der Waals surface area (Å²) in [7, 11) is 0. The Kier molecular flexibility index (Phi) is 6.18. The van der Waals surface area contributed by atoms with Gasteiger partial charge in [0, 0.05) is 27.9 Å². The number of carbonyl (C=O) groups is 2. The lowest BCUT2D eigenvalue weighted by Gasteiger charge is -2.42. The van der Waals surface area contributed by atoms with Crippen molar-refractivity contribution in [2.24, 2.45) is 5.92 Å². The standard InChI is InChI=1S/C24H27ClN4O2S2/c1-3-16-8-10-24(11-9-16)29(22(31)15(2)33-24)27-21(30)12-19-14-32-23-26-20(13-28(19)23)17-4-6-18(25)7-5-17/h4-7,13-16H,3,8-12H2,1-2H3,(H,27,30). The van der Waals surface area contributed by atoms with Gasteiger partial charge in [-0.2, -0.15) is 0 Å². The van der Waals surface area contributed by atoms with Gasteiger partial charge in [0.15, 0.2) is 4.96 Å². The van der Waals surface area contributed by atoms with E-state index >= 15 is 0 Å². The zero-order valence-corrected chi connectivity index (χ0v) is 21.1. The van der Waals surface area contributed by atoms with Crippen molar-refractivity contribution in [1.29, 1.82) is 0 Å². The van der Waals surface area contributed by atoms with Crippen molar-refractivity contribution in [3.63, 3.8) is 0 Å². The number of benzene rings is 1. The number of nitrogens with zero attached hydrogens (tertiary/aromatic N) is 3. The number of nitrogens with one attached hydrogen (secondary N) is 1. The van der Waals surface area contributed by atoms with E-state index in [0.717, 1.165) is 53.5 Å². The van der Waals surface area contributed by atoms with Crippen LogP contribution in [-0.2, 0) is 16.0 Å². The average molecular weight is 503 g/mol. The first kappa shape index (κ1) is 22.7. The number of hydrazine groups is 1. The molecular weight excluding hydrogens is 476 g/mol. The van der Waals surface area contributed by atoms with Gasteiger partial charge in [-0.3, -0.25) is 19.4 Å². The Morgan fingerprint density at radius 1 is 1.27 bits per heavy atom. The van der Waals surface area contributed by atoms with Gasteiger partial charge in [-0.05, 0) is 50.7 Å². The van der Waals surface area contributed by atoms with Gasteiger partial charge < -0.3 is 0 Å². The van der Waals surface area contributed by atoms with Crippen LogP contribution < -0.4 is 5.43 Å². The fourth-order valence-electron chi connectivity index (χ4n) is 4.90. The van der Waals surface area contributed by atoms with E-state index in [2.05, 4.69) is 17.3 Å². The second-order valence-corrected chi connectivity index (χ2v) is 11.9. The molecule has 2 aromatic heterocycles. The third kappa shape index (κ3) is 4.29. The van der Waals surface area contributed by atoms with Crippen molar-refractivity contribution >= 4 is 51.5 Å². The highest BCUT2D eigenvalue weighted by Crippen LogP contribution is 2.50. The highest BCUT2D eigenvalue weighted by atomic mass is 35.5. The number of hydrogen-bond donors (Lipinski definition) is 1. The third-order valence-corrected chi connectivity index (χ3v) is 9.56. The summed E-state index contributed by atoms with van der Waals surface area (Å²) < 4.78 is 1.96. The summed E-state index contributed by atoms with van der Waals surface area (Å²) in [6.45, 7) is 4.17. The molecule has 0 bridgehead atoms. The topological polar surface area (TPSA) is 66.7 Å². The van der Waals surface area contributed by atoms with Crippen LogP contribution in [0.2, 0.25) is 5.02 Å². The first-order chi connectivity index (χ1) is 15.9. The molecule has 1 unspecified atom stereocenters. The first-order valence-corrected chi connectivity index (χ1v) is 13.5. The van der Waals surface area contributed by atoms with Gasteiger partial charge in [0.1, 0.15) is 4.87 Å². The molecule has 3 heterocycles. The molecule has 33 heavy (non-hydrogen) atoms. The average Bonchev–Trinajstić information content (AvgIpc) is 3.45. The zero-order chi connectivity index (χ0) is 23.2. The number of amides is 2. The first-order valence-electron chi connectivity index (χ1n) is 11.4. The van der Waals surface area contributed by atoms with Crippen molar-refractivity contribution in [3.8, 4) is 11.3 Å². The molecule has 1 aromatic carbocycles. The van der Waals surface area contributed by atoms with Crippen LogP contribution in [0.4, 0.5) is 0 Å². The van der Waals surface area contributed by atoms with Crippen LogP contribution in [-0.4, -0.2) is 36.3 Å². The summed E-state index contributed by atoms with van der Waals surface area (Å²) in [5.41, 5.74) is 5.65. The van der Waals surface area contributed by atoms with Crippen LogP contribution in [0.3, 0.4) is 0 Å². The zero-order valence-electron chi connectivity index (χ0n) is 18.7. The van der Waals surface area contributed by atoms with Crippen LogP contribution in [0.5, 0.6) is 0 Å². The summed E-state index contributed by atoms with van der Waals surface area (Å²) in [6, 6.07) is 7.56. The van der Waals surface area contributed by atoms with E-state index in [1.165, 1.54) is 17.8 Å². The van der Waals surface area contributed by atoms with Gasteiger partial charge in [0.25, 0.3) is 5.91 Å². The Hall–Kier alpha value is -2.03. The number of hydrogen-bond acceptors (Lipinski definition) is 5. The third-order valence-electron chi connectivity index (χ3n) is 6.84. The van der Waals surface area contributed by atoms with Gasteiger partial charge in [-0.1, -0.05) is 37.1 Å². The highest BCUT2D eigenvalue weighted by Gasteiger charge is 2.52. The van der Waals surface area contributed by atoms with Crippen LogP contribution in [0, 0.1) is 5.92 Å². The van der Waals surface area contributed by atoms with Crippen molar-refractivity contribution in [2.75, 3.05) is 0 Å².